The van der Waals surface area contributed by atoms with Gasteiger partial charge in [-0.1, -0.05) is 26.7 Å². The van der Waals surface area contributed by atoms with Gasteiger partial charge in [0, 0.05) is 0 Å². The zero-order chi connectivity index (χ0) is 15.1. The first-order valence-corrected chi connectivity index (χ1v) is 6.96. The van der Waals surface area contributed by atoms with Crippen molar-refractivity contribution >= 4 is 5.97 Å². The fourth-order valence-corrected chi connectivity index (χ4v) is 2.01. The Morgan fingerprint density at radius 1 is 1.20 bits per heavy atom. The molecule has 5 heteroatoms. The molecule has 0 spiro atoms. The maximum atomic E-state index is 11.3. The molecular weight excluding hydrogens is 260 g/mol. The molecule has 5 nitrogen and oxygen atoms in total. The predicted molar refractivity (Wildman–Crippen MR) is 75.7 cm³/mol. The SMILES string of the molecule is CCCCCc1cc(O)c(O)c(C(=O)O)c1OCCC. The van der Waals surface area contributed by atoms with Crippen LogP contribution in [0.2, 0.25) is 0 Å². The quantitative estimate of drug-likeness (QED) is 0.503. The molecule has 0 bridgehead atoms. The number of carboxylic acid groups (broad SMARTS) is 1. The number of unbranched alkanes of at least 4 members (excludes halogenated alkanes) is 2. The number of aromatic carboxylic acids is 1. The summed E-state index contributed by atoms with van der Waals surface area (Å²) in [5, 5.41) is 28.6. The molecule has 0 amide bonds. The van der Waals surface area contributed by atoms with Gasteiger partial charge in [-0.05, 0) is 30.9 Å². The highest BCUT2D eigenvalue weighted by molar-refractivity contribution is 5.95. The van der Waals surface area contributed by atoms with Crippen LogP contribution in [0.1, 0.15) is 55.5 Å². The molecule has 112 valence electrons. The van der Waals surface area contributed by atoms with E-state index in [9.17, 15) is 20.1 Å². The van der Waals surface area contributed by atoms with Crippen LogP contribution in [-0.4, -0.2) is 27.9 Å². The van der Waals surface area contributed by atoms with Gasteiger partial charge in [-0.3, -0.25) is 0 Å². The lowest BCUT2D eigenvalue weighted by Gasteiger charge is -2.16. The summed E-state index contributed by atoms with van der Waals surface area (Å²) in [6, 6.07) is 1.39. The third-order valence-electron chi connectivity index (χ3n) is 3.02. The number of aryl methyl sites for hydroxylation is 1. The standard InChI is InChI=1S/C15H22O5/c1-3-5-6-7-10-9-11(16)13(17)12(15(18)19)14(10)20-8-4-2/h9,16-17H,3-8H2,1-2H3,(H,18,19). The van der Waals surface area contributed by atoms with Crippen LogP contribution in [0, 0.1) is 0 Å². The first-order valence-electron chi connectivity index (χ1n) is 6.96. The van der Waals surface area contributed by atoms with Gasteiger partial charge in [0.15, 0.2) is 11.5 Å². The van der Waals surface area contributed by atoms with Gasteiger partial charge in [0.1, 0.15) is 11.3 Å². The van der Waals surface area contributed by atoms with Gasteiger partial charge in [-0.15, -0.1) is 0 Å². The van der Waals surface area contributed by atoms with Crippen molar-refractivity contribution in [1.29, 1.82) is 0 Å². The van der Waals surface area contributed by atoms with E-state index in [0.717, 1.165) is 25.7 Å². The molecule has 1 aromatic rings. The predicted octanol–water partition coefficient (Wildman–Crippen LogP) is 3.32. The van der Waals surface area contributed by atoms with E-state index in [0.29, 0.717) is 18.6 Å². The van der Waals surface area contributed by atoms with Crippen molar-refractivity contribution in [3.8, 4) is 17.2 Å². The molecule has 0 saturated carbocycles. The molecule has 0 fully saturated rings. The van der Waals surface area contributed by atoms with Crippen LogP contribution >= 0.6 is 0 Å². The molecule has 0 saturated heterocycles. The summed E-state index contributed by atoms with van der Waals surface area (Å²) in [6.07, 6.45) is 4.27. The van der Waals surface area contributed by atoms with Gasteiger partial charge >= 0.3 is 5.97 Å². The van der Waals surface area contributed by atoms with Crippen molar-refractivity contribution in [3.05, 3.63) is 17.2 Å². The number of carbonyl (C=O) groups is 1. The highest BCUT2D eigenvalue weighted by Gasteiger charge is 2.23. The minimum atomic E-state index is -1.30. The zero-order valence-corrected chi connectivity index (χ0v) is 12.0. The summed E-state index contributed by atoms with van der Waals surface area (Å²) in [5.41, 5.74) is 0.268. The summed E-state index contributed by atoms with van der Waals surface area (Å²) in [4.78, 5) is 11.3. The normalized spacial score (nSPS) is 10.5. The molecule has 0 radical (unpaired) electrons. The summed E-state index contributed by atoms with van der Waals surface area (Å²) in [7, 11) is 0. The van der Waals surface area contributed by atoms with Gasteiger partial charge < -0.3 is 20.1 Å². The number of ether oxygens (including phenoxy) is 1. The second-order valence-corrected chi connectivity index (χ2v) is 4.72. The maximum absolute atomic E-state index is 11.3. The van der Waals surface area contributed by atoms with E-state index in [2.05, 4.69) is 6.92 Å². The molecule has 3 N–H and O–H groups in total. The lowest BCUT2D eigenvalue weighted by Crippen LogP contribution is -2.07. The van der Waals surface area contributed by atoms with E-state index in [1.54, 1.807) is 0 Å². The highest BCUT2D eigenvalue weighted by atomic mass is 16.5. The molecule has 1 aromatic carbocycles. The van der Waals surface area contributed by atoms with Crippen LogP contribution in [0.5, 0.6) is 17.2 Å². The van der Waals surface area contributed by atoms with E-state index < -0.39 is 17.5 Å². The highest BCUT2D eigenvalue weighted by Crippen LogP contribution is 2.39. The van der Waals surface area contributed by atoms with Crippen LogP contribution < -0.4 is 4.74 Å². The van der Waals surface area contributed by atoms with E-state index in [4.69, 9.17) is 4.74 Å². The molecule has 0 aliphatic rings. The second-order valence-electron chi connectivity index (χ2n) is 4.72. The number of phenols is 2. The minimum Gasteiger partial charge on any atom is -0.504 e. The van der Waals surface area contributed by atoms with E-state index >= 15 is 0 Å². The fourth-order valence-electron chi connectivity index (χ4n) is 2.01. The van der Waals surface area contributed by atoms with Crippen LogP contribution in [-0.2, 0) is 6.42 Å². The number of benzene rings is 1. The monoisotopic (exact) mass is 282 g/mol. The van der Waals surface area contributed by atoms with Gasteiger partial charge in [0.25, 0.3) is 0 Å². The zero-order valence-electron chi connectivity index (χ0n) is 12.0. The Labute approximate surface area is 118 Å². The molecule has 0 aromatic heterocycles. The van der Waals surface area contributed by atoms with Crippen LogP contribution in [0.3, 0.4) is 0 Å². The summed E-state index contributed by atoms with van der Waals surface area (Å²) >= 11 is 0. The van der Waals surface area contributed by atoms with Crippen molar-refractivity contribution in [2.75, 3.05) is 6.61 Å². The van der Waals surface area contributed by atoms with Crippen molar-refractivity contribution in [3.63, 3.8) is 0 Å². The smallest absolute Gasteiger partial charge is 0.343 e. The number of hydrogen-bond donors (Lipinski definition) is 3. The van der Waals surface area contributed by atoms with Crippen molar-refractivity contribution in [2.45, 2.75) is 46.0 Å². The molecule has 0 unspecified atom stereocenters. The van der Waals surface area contributed by atoms with Crippen molar-refractivity contribution in [2.24, 2.45) is 0 Å². The van der Waals surface area contributed by atoms with Crippen LogP contribution in [0.4, 0.5) is 0 Å². The number of aromatic hydroxyl groups is 2. The van der Waals surface area contributed by atoms with Crippen LogP contribution in [0.25, 0.3) is 0 Å². The molecule has 0 aliphatic carbocycles. The average Bonchev–Trinajstić information content (AvgIpc) is 2.40. The molecule has 0 atom stereocenters. The second kappa shape index (κ2) is 7.62. The summed E-state index contributed by atoms with van der Waals surface area (Å²) < 4.78 is 5.49. The molecule has 0 heterocycles. The molecule has 0 aliphatic heterocycles. The number of phenolic OH excluding ortho intramolecular Hbond substituents is 1. The molecular formula is C15H22O5. The average molecular weight is 282 g/mol. The number of rotatable bonds is 8. The van der Waals surface area contributed by atoms with Crippen molar-refractivity contribution in [1.82, 2.24) is 0 Å². The van der Waals surface area contributed by atoms with Crippen molar-refractivity contribution < 1.29 is 24.9 Å². The van der Waals surface area contributed by atoms with E-state index in [1.807, 2.05) is 6.92 Å². The Balaban J connectivity index is 3.21. The molecule has 20 heavy (non-hydrogen) atoms. The van der Waals surface area contributed by atoms with Crippen LogP contribution in [0.15, 0.2) is 6.07 Å². The first-order chi connectivity index (χ1) is 9.52. The maximum Gasteiger partial charge on any atom is 0.343 e. The number of carboxylic acids is 1. The Kier molecular flexibility index (Phi) is 6.15. The first kappa shape index (κ1) is 16.1. The van der Waals surface area contributed by atoms with E-state index in [-0.39, 0.29) is 11.3 Å². The fraction of sp³-hybridized carbons (Fsp3) is 0.533. The summed E-state index contributed by atoms with van der Waals surface area (Å²) in [5.74, 6) is -2.19. The minimum absolute atomic E-state index is 0.172. The largest absolute Gasteiger partial charge is 0.504 e. The lowest BCUT2D eigenvalue weighted by molar-refractivity contribution is 0.0687. The van der Waals surface area contributed by atoms with Gasteiger partial charge in [-0.2, -0.15) is 0 Å². The summed E-state index contributed by atoms with van der Waals surface area (Å²) in [6.45, 7) is 4.36. The topological polar surface area (TPSA) is 87.0 Å². The molecule has 1 rings (SSSR count). The van der Waals surface area contributed by atoms with Gasteiger partial charge in [0.2, 0.25) is 0 Å². The Hall–Kier alpha value is -1.91. The third-order valence-corrected chi connectivity index (χ3v) is 3.02. The van der Waals surface area contributed by atoms with Gasteiger partial charge in [0.05, 0.1) is 6.61 Å². The number of hydrogen-bond acceptors (Lipinski definition) is 4. The van der Waals surface area contributed by atoms with E-state index in [1.165, 1.54) is 6.07 Å². The Morgan fingerprint density at radius 2 is 1.90 bits per heavy atom. The van der Waals surface area contributed by atoms with Gasteiger partial charge in [-0.25, -0.2) is 4.79 Å². The lowest BCUT2D eigenvalue weighted by atomic mass is 10.0. The Morgan fingerprint density at radius 3 is 2.45 bits per heavy atom. The Bertz CT molecular complexity index is 468. The third kappa shape index (κ3) is 3.79.